The highest BCUT2D eigenvalue weighted by atomic mass is 32.1. The van der Waals surface area contributed by atoms with Gasteiger partial charge in [0.05, 0.1) is 32.9 Å². The van der Waals surface area contributed by atoms with Crippen molar-refractivity contribution in [1.82, 2.24) is 10.6 Å². The summed E-state index contributed by atoms with van der Waals surface area (Å²) in [4.78, 5) is 15.7. The predicted molar refractivity (Wildman–Crippen MR) is 139 cm³/mol. The van der Waals surface area contributed by atoms with E-state index in [1.807, 2.05) is 19.1 Å². The minimum atomic E-state index is -0.401. The molecule has 182 valence electrons. The number of methoxy groups -OCH3 is 3. The molecule has 0 aliphatic carbocycles. The minimum absolute atomic E-state index is 0.271. The normalized spacial score (nSPS) is 15.2. The lowest BCUT2D eigenvalue weighted by atomic mass is 9.94. The number of nitrogens with one attached hydrogen (secondary N) is 3. The lowest BCUT2D eigenvalue weighted by molar-refractivity contribution is -0.113. The molecule has 8 nitrogen and oxygen atoms in total. The number of ether oxygens (including phenoxy) is 3. The highest BCUT2D eigenvalue weighted by Gasteiger charge is 2.30. The maximum atomic E-state index is 13.5. The molecule has 0 bridgehead atoms. The Bertz CT molecular complexity index is 1060. The van der Waals surface area contributed by atoms with Crippen LogP contribution in [0.3, 0.4) is 0 Å². The Hall–Kier alpha value is -3.46. The van der Waals surface area contributed by atoms with Gasteiger partial charge in [-0.05, 0) is 50.7 Å². The van der Waals surface area contributed by atoms with Gasteiger partial charge in [0.15, 0.2) is 16.6 Å². The Balaban J connectivity index is 1.94. The Morgan fingerprint density at radius 2 is 1.62 bits per heavy atom. The van der Waals surface area contributed by atoms with Gasteiger partial charge in [-0.3, -0.25) is 4.79 Å². The van der Waals surface area contributed by atoms with Gasteiger partial charge in [0.1, 0.15) is 0 Å². The lowest BCUT2D eigenvalue weighted by Crippen LogP contribution is -2.45. The molecule has 3 N–H and O–H groups in total. The summed E-state index contributed by atoms with van der Waals surface area (Å²) in [6.07, 6.45) is 0. The van der Waals surface area contributed by atoms with E-state index in [0.29, 0.717) is 39.3 Å². The van der Waals surface area contributed by atoms with Crippen LogP contribution in [0.1, 0.15) is 32.4 Å². The van der Waals surface area contributed by atoms with E-state index in [9.17, 15) is 4.79 Å². The van der Waals surface area contributed by atoms with Crippen molar-refractivity contribution in [3.63, 3.8) is 0 Å². The molecule has 1 atom stereocenters. The van der Waals surface area contributed by atoms with Gasteiger partial charge in [-0.25, -0.2) is 0 Å². The summed E-state index contributed by atoms with van der Waals surface area (Å²) < 4.78 is 16.2. The van der Waals surface area contributed by atoms with Crippen LogP contribution < -0.4 is 35.1 Å². The van der Waals surface area contributed by atoms with E-state index < -0.39 is 6.04 Å². The standard InChI is InChI=1S/C25H32N4O4S/c1-7-29(8-2)18-11-9-16(10-12-18)22-21(15(3)26-25(34)28-22)24(30)27-17-13-19(31-4)23(33-6)20(14-17)32-5/h9-14,22H,7-8H2,1-6H3,(H,27,30)(H2,26,28,34). The van der Waals surface area contributed by atoms with Crippen molar-refractivity contribution in [3.8, 4) is 17.2 Å². The molecule has 0 spiro atoms. The number of allylic oxidation sites excluding steroid dienone is 1. The molecule has 0 saturated carbocycles. The fourth-order valence-electron chi connectivity index (χ4n) is 4.06. The Kier molecular flexibility index (Phi) is 8.22. The topological polar surface area (TPSA) is 84.1 Å². The van der Waals surface area contributed by atoms with E-state index in [-0.39, 0.29) is 5.91 Å². The van der Waals surface area contributed by atoms with Crippen LogP contribution in [0.25, 0.3) is 0 Å². The largest absolute Gasteiger partial charge is 0.493 e. The Labute approximate surface area is 206 Å². The number of thiocarbonyl (C=S) groups is 1. The van der Waals surface area contributed by atoms with E-state index in [1.54, 1.807) is 12.1 Å². The van der Waals surface area contributed by atoms with Gasteiger partial charge in [-0.15, -0.1) is 0 Å². The fraction of sp³-hybridized carbons (Fsp3) is 0.360. The summed E-state index contributed by atoms with van der Waals surface area (Å²) in [6.45, 7) is 7.94. The van der Waals surface area contributed by atoms with Crippen LogP contribution >= 0.6 is 12.2 Å². The number of carbonyl (C=O) groups excluding carboxylic acids is 1. The number of hydrogen-bond acceptors (Lipinski definition) is 6. The summed E-state index contributed by atoms with van der Waals surface area (Å²) >= 11 is 5.38. The van der Waals surface area contributed by atoms with Gasteiger partial charge in [-0.1, -0.05) is 12.1 Å². The maximum Gasteiger partial charge on any atom is 0.255 e. The molecule has 1 heterocycles. The van der Waals surface area contributed by atoms with Crippen LogP contribution in [0.4, 0.5) is 11.4 Å². The molecule has 1 amide bonds. The maximum absolute atomic E-state index is 13.5. The zero-order valence-electron chi connectivity index (χ0n) is 20.4. The molecule has 34 heavy (non-hydrogen) atoms. The number of anilines is 2. The third-order valence-corrected chi connectivity index (χ3v) is 6.01. The number of amides is 1. The van der Waals surface area contributed by atoms with E-state index >= 15 is 0 Å². The van der Waals surface area contributed by atoms with Crippen LogP contribution in [-0.2, 0) is 4.79 Å². The van der Waals surface area contributed by atoms with Gasteiger partial charge in [0, 0.05) is 42.3 Å². The smallest absolute Gasteiger partial charge is 0.255 e. The SMILES string of the molecule is CCN(CC)c1ccc(C2NC(=S)NC(C)=C2C(=O)Nc2cc(OC)c(OC)c(OC)c2)cc1. The number of rotatable bonds is 9. The van der Waals surface area contributed by atoms with Crippen molar-refractivity contribution in [2.24, 2.45) is 0 Å². The number of hydrogen-bond donors (Lipinski definition) is 3. The van der Waals surface area contributed by atoms with Crippen molar-refractivity contribution < 1.29 is 19.0 Å². The zero-order valence-corrected chi connectivity index (χ0v) is 21.3. The van der Waals surface area contributed by atoms with Crippen molar-refractivity contribution in [1.29, 1.82) is 0 Å². The Morgan fingerprint density at radius 3 is 2.12 bits per heavy atom. The first-order valence-electron chi connectivity index (χ1n) is 11.1. The molecule has 2 aromatic carbocycles. The Morgan fingerprint density at radius 1 is 1.03 bits per heavy atom. The minimum Gasteiger partial charge on any atom is -0.493 e. The van der Waals surface area contributed by atoms with Crippen molar-refractivity contribution in [2.75, 3.05) is 44.6 Å². The molecule has 0 aromatic heterocycles. The second-order valence-electron chi connectivity index (χ2n) is 7.70. The van der Waals surface area contributed by atoms with Crippen LogP contribution in [0.5, 0.6) is 17.2 Å². The molecular weight excluding hydrogens is 452 g/mol. The summed E-state index contributed by atoms with van der Waals surface area (Å²) in [5.74, 6) is 1.09. The van der Waals surface area contributed by atoms with Crippen molar-refractivity contribution in [3.05, 3.63) is 53.2 Å². The highest BCUT2D eigenvalue weighted by molar-refractivity contribution is 7.80. The average Bonchev–Trinajstić information content (AvgIpc) is 2.83. The fourth-order valence-corrected chi connectivity index (χ4v) is 4.33. The van der Waals surface area contributed by atoms with Crippen molar-refractivity contribution in [2.45, 2.75) is 26.8 Å². The van der Waals surface area contributed by atoms with Gasteiger partial charge >= 0.3 is 0 Å². The summed E-state index contributed by atoms with van der Waals surface area (Å²) in [5, 5.41) is 9.74. The molecule has 9 heteroatoms. The summed E-state index contributed by atoms with van der Waals surface area (Å²) in [7, 11) is 4.60. The van der Waals surface area contributed by atoms with E-state index in [2.05, 4.69) is 46.8 Å². The average molecular weight is 485 g/mol. The van der Waals surface area contributed by atoms with Crippen LogP contribution in [0.2, 0.25) is 0 Å². The molecule has 2 aromatic rings. The third kappa shape index (κ3) is 5.20. The number of carbonyl (C=O) groups is 1. The van der Waals surface area contributed by atoms with Crippen LogP contribution in [0.15, 0.2) is 47.7 Å². The van der Waals surface area contributed by atoms with Crippen LogP contribution in [-0.4, -0.2) is 45.4 Å². The quantitative estimate of drug-likeness (QED) is 0.461. The van der Waals surface area contributed by atoms with Crippen molar-refractivity contribution >= 4 is 34.6 Å². The van der Waals surface area contributed by atoms with E-state index in [0.717, 1.165) is 24.3 Å². The molecule has 0 radical (unpaired) electrons. The number of benzene rings is 2. The first-order valence-corrected chi connectivity index (χ1v) is 11.5. The summed E-state index contributed by atoms with van der Waals surface area (Å²) in [5.41, 5.74) is 3.82. The molecule has 0 saturated heterocycles. The third-order valence-electron chi connectivity index (χ3n) is 5.79. The van der Waals surface area contributed by atoms with Gasteiger partial charge < -0.3 is 35.1 Å². The highest BCUT2D eigenvalue weighted by Crippen LogP contribution is 2.40. The van der Waals surface area contributed by atoms with Crippen LogP contribution in [0, 0.1) is 0 Å². The first kappa shape index (κ1) is 25.2. The predicted octanol–water partition coefficient (Wildman–Crippen LogP) is 3.99. The van der Waals surface area contributed by atoms with E-state index in [1.165, 1.54) is 21.3 Å². The van der Waals surface area contributed by atoms with Gasteiger partial charge in [0.25, 0.3) is 5.91 Å². The molecular formula is C25H32N4O4S. The second kappa shape index (κ2) is 11.1. The molecule has 1 aliphatic rings. The summed E-state index contributed by atoms with van der Waals surface area (Å²) in [6, 6.07) is 11.2. The number of nitrogens with zero attached hydrogens (tertiary/aromatic N) is 1. The molecule has 3 rings (SSSR count). The second-order valence-corrected chi connectivity index (χ2v) is 8.11. The molecule has 0 fully saturated rings. The van der Waals surface area contributed by atoms with E-state index in [4.69, 9.17) is 26.4 Å². The molecule has 1 aliphatic heterocycles. The molecule has 1 unspecified atom stereocenters. The van der Waals surface area contributed by atoms with Gasteiger partial charge in [0.2, 0.25) is 5.75 Å². The lowest BCUT2D eigenvalue weighted by Gasteiger charge is -2.31. The first-order chi connectivity index (χ1) is 16.4. The zero-order chi connectivity index (χ0) is 24.8. The van der Waals surface area contributed by atoms with Gasteiger partial charge in [-0.2, -0.15) is 0 Å². The monoisotopic (exact) mass is 484 g/mol.